The second kappa shape index (κ2) is 4.83. The highest BCUT2D eigenvalue weighted by molar-refractivity contribution is 14.1. The summed E-state index contributed by atoms with van der Waals surface area (Å²) in [7, 11) is 0. The molecule has 3 heteroatoms. The summed E-state index contributed by atoms with van der Waals surface area (Å²) >= 11 is 8.09. The Bertz CT molecular complexity index is 227. The van der Waals surface area contributed by atoms with Crippen molar-refractivity contribution in [3.8, 4) is 5.75 Å². The minimum Gasteiger partial charge on any atom is -0.491 e. The molecule has 0 radical (unpaired) electrons. The normalized spacial score (nSPS) is 9.64. The molecule has 0 saturated carbocycles. The zero-order valence-corrected chi connectivity index (χ0v) is 8.80. The van der Waals surface area contributed by atoms with Crippen molar-refractivity contribution < 1.29 is 4.74 Å². The zero-order chi connectivity index (χ0) is 8.10. The summed E-state index contributed by atoms with van der Waals surface area (Å²) in [5.41, 5.74) is 0. The quantitative estimate of drug-likeness (QED) is 0.611. The highest BCUT2D eigenvalue weighted by Gasteiger charge is 1.96. The summed E-state index contributed by atoms with van der Waals surface area (Å²) in [4.78, 5) is 0. The lowest BCUT2D eigenvalue weighted by Gasteiger charge is -2.04. The number of hydrogen-bond donors (Lipinski definition) is 0. The van der Waals surface area contributed by atoms with Crippen molar-refractivity contribution in [1.82, 2.24) is 0 Å². The molecule has 0 aliphatic rings. The van der Waals surface area contributed by atoms with Crippen molar-refractivity contribution >= 4 is 34.2 Å². The Hall–Kier alpha value is 0.0400. The van der Waals surface area contributed by atoms with Gasteiger partial charge in [0.15, 0.2) is 0 Å². The van der Waals surface area contributed by atoms with Crippen molar-refractivity contribution in [2.45, 2.75) is 0 Å². The minimum absolute atomic E-state index is 0.678. The van der Waals surface area contributed by atoms with E-state index in [1.54, 1.807) is 0 Å². The molecule has 0 atom stereocenters. The van der Waals surface area contributed by atoms with Gasteiger partial charge in [0.1, 0.15) is 5.75 Å². The van der Waals surface area contributed by atoms with E-state index in [1.165, 1.54) is 0 Å². The summed E-state index contributed by atoms with van der Waals surface area (Å²) in [5, 5.41) is 0.678. The van der Waals surface area contributed by atoms with E-state index < -0.39 is 0 Å². The van der Waals surface area contributed by atoms with Crippen LogP contribution in [-0.2, 0) is 0 Å². The number of para-hydroxylation sites is 1. The van der Waals surface area contributed by atoms with Crippen LogP contribution in [0.25, 0.3) is 0 Å². The van der Waals surface area contributed by atoms with Crippen LogP contribution in [-0.4, -0.2) is 11.0 Å². The Morgan fingerprint density at radius 3 is 2.73 bits per heavy atom. The van der Waals surface area contributed by atoms with Gasteiger partial charge < -0.3 is 4.74 Å². The molecule has 11 heavy (non-hydrogen) atoms. The molecule has 1 rings (SSSR count). The van der Waals surface area contributed by atoms with Crippen molar-refractivity contribution in [2.24, 2.45) is 0 Å². The van der Waals surface area contributed by atoms with Crippen molar-refractivity contribution in [2.75, 3.05) is 11.0 Å². The van der Waals surface area contributed by atoms with Crippen LogP contribution in [0.3, 0.4) is 0 Å². The van der Waals surface area contributed by atoms with E-state index >= 15 is 0 Å². The predicted octanol–water partition coefficient (Wildman–Crippen LogP) is 3.15. The lowest BCUT2D eigenvalue weighted by molar-refractivity contribution is 0.347. The molecule has 0 aliphatic heterocycles. The van der Waals surface area contributed by atoms with Crippen LogP contribution in [0.15, 0.2) is 24.3 Å². The van der Waals surface area contributed by atoms with Gasteiger partial charge in [-0.2, -0.15) is 0 Å². The molecule has 1 nitrogen and oxygen atoms in total. The SMILES string of the molecule is Clc1ccccc1OCCI. The topological polar surface area (TPSA) is 9.23 Å². The average Bonchev–Trinajstić information content (AvgIpc) is 2.03. The second-order valence-corrected chi connectivity index (χ2v) is 3.45. The number of hydrogen-bond acceptors (Lipinski definition) is 1. The van der Waals surface area contributed by atoms with Crippen molar-refractivity contribution in [3.05, 3.63) is 29.3 Å². The van der Waals surface area contributed by atoms with Crippen LogP contribution in [0.4, 0.5) is 0 Å². The van der Waals surface area contributed by atoms with Crippen LogP contribution in [0.5, 0.6) is 5.75 Å². The molecule has 0 aliphatic carbocycles. The second-order valence-electron chi connectivity index (χ2n) is 1.97. The number of ether oxygens (including phenoxy) is 1. The van der Waals surface area contributed by atoms with Gasteiger partial charge in [0.25, 0.3) is 0 Å². The molecular weight excluding hydrogens is 274 g/mol. The molecular formula is C8H8ClIO. The van der Waals surface area contributed by atoms with Crippen LogP contribution < -0.4 is 4.74 Å². The number of benzene rings is 1. The predicted molar refractivity (Wildman–Crippen MR) is 55.8 cm³/mol. The summed E-state index contributed by atoms with van der Waals surface area (Å²) in [6, 6.07) is 7.49. The maximum Gasteiger partial charge on any atom is 0.137 e. The first-order chi connectivity index (χ1) is 5.34. The Labute approximate surface area is 84.8 Å². The van der Waals surface area contributed by atoms with E-state index in [9.17, 15) is 0 Å². The van der Waals surface area contributed by atoms with E-state index in [2.05, 4.69) is 22.6 Å². The molecule has 0 heterocycles. The van der Waals surface area contributed by atoms with Gasteiger partial charge in [-0.1, -0.05) is 46.3 Å². The first kappa shape index (κ1) is 9.13. The Morgan fingerprint density at radius 2 is 2.09 bits per heavy atom. The molecule has 0 amide bonds. The third-order valence-electron chi connectivity index (χ3n) is 1.17. The average molecular weight is 283 g/mol. The van der Waals surface area contributed by atoms with Gasteiger partial charge >= 0.3 is 0 Å². The van der Waals surface area contributed by atoms with E-state index in [0.29, 0.717) is 11.6 Å². The monoisotopic (exact) mass is 282 g/mol. The summed E-state index contributed by atoms with van der Waals surface area (Å²) in [6.07, 6.45) is 0. The van der Waals surface area contributed by atoms with Crippen molar-refractivity contribution in [1.29, 1.82) is 0 Å². The lowest BCUT2D eigenvalue weighted by atomic mass is 10.3. The highest BCUT2D eigenvalue weighted by Crippen LogP contribution is 2.22. The molecule has 60 valence electrons. The number of halogens is 2. The standard InChI is InChI=1S/C8H8ClIO/c9-7-3-1-2-4-8(7)11-6-5-10/h1-4H,5-6H2. The molecule has 0 bridgehead atoms. The zero-order valence-electron chi connectivity index (χ0n) is 5.89. The van der Waals surface area contributed by atoms with E-state index in [-0.39, 0.29) is 0 Å². The van der Waals surface area contributed by atoms with Gasteiger partial charge in [-0.05, 0) is 12.1 Å². The molecule has 0 unspecified atom stereocenters. The molecule has 1 aromatic carbocycles. The van der Waals surface area contributed by atoms with Gasteiger partial charge in [-0.3, -0.25) is 0 Å². The maximum atomic E-state index is 5.83. The molecule has 0 N–H and O–H groups in total. The first-order valence-corrected chi connectivity index (χ1v) is 5.18. The largest absolute Gasteiger partial charge is 0.491 e. The Balaban J connectivity index is 2.62. The molecule has 0 fully saturated rings. The fourth-order valence-corrected chi connectivity index (χ4v) is 1.12. The molecule has 0 spiro atoms. The molecule has 0 aromatic heterocycles. The molecule has 0 saturated heterocycles. The van der Waals surface area contributed by atoms with Gasteiger partial charge in [-0.25, -0.2) is 0 Å². The van der Waals surface area contributed by atoms with Crippen LogP contribution in [0, 0.1) is 0 Å². The highest BCUT2D eigenvalue weighted by atomic mass is 127. The fourth-order valence-electron chi connectivity index (χ4n) is 0.710. The molecule has 1 aromatic rings. The summed E-state index contributed by atoms with van der Waals surface area (Å²) < 4.78 is 6.32. The van der Waals surface area contributed by atoms with Crippen molar-refractivity contribution in [3.63, 3.8) is 0 Å². The summed E-state index contributed by atoms with van der Waals surface area (Å²) in [6.45, 7) is 0.713. The van der Waals surface area contributed by atoms with Gasteiger partial charge in [0, 0.05) is 4.43 Å². The Morgan fingerprint density at radius 1 is 1.36 bits per heavy atom. The maximum absolute atomic E-state index is 5.83. The Kier molecular flexibility index (Phi) is 4.01. The van der Waals surface area contributed by atoms with Crippen LogP contribution >= 0.6 is 34.2 Å². The lowest BCUT2D eigenvalue weighted by Crippen LogP contribution is -1.97. The summed E-state index contributed by atoms with van der Waals surface area (Å²) in [5.74, 6) is 0.769. The first-order valence-electron chi connectivity index (χ1n) is 3.28. The van der Waals surface area contributed by atoms with Gasteiger partial charge in [0.2, 0.25) is 0 Å². The van der Waals surface area contributed by atoms with E-state index in [4.69, 9.17) is 16.3 Å². The smallest absolute Gasteiger partial charge is 0.137 e. The van der Waals surface area contributed by atoms with E-state index in [1.807, 2.05) is 24.3 Å². The fraction of sp³-hybridized carbons (Fsp3) is 0.250. The third kappa shape index (κ3) is 2.87. The van der Waals surface area contributed by atoms with Crippen LogP contribution in [0.2, 0.25) is 5.02 Å². The van der Waals surface area contributed by atoms with Gasteiger partial charge in [-0.15, -0.1) is 0 Å². The third-order valence-corrected chi connectivity index (χ3v) is 1.92. The number of rotatable bonds is 3. The minimum atomic E-state index is 0.678. The van der Waals surface area contributed by atoms with Crippen LogP contribution in [0.1, 0.15) is 0 Å². The van der Waals surface area contributed by atoms with E-state index in [0.717, 1.165) is 10.2 Å². The van der Waals surface area contributed by atoms with Gasteiger partial charge in [0.05, 0.1) is 11.6 Å². The number of alkyl halides is 1.